The molecule has 0 spiro atoms. The summed E-state index contributed by atoms with van der Waals surface area (Å²) in [6, 6.07) is 12.2. The third kappa shape index (κ3) is 5.88. The average Bonchev–Trinajstić information content (AvgIpc) is 3.35. The van der Waals surface area contributed by atoms with E-state index in [2.05, 4.69) is 40.3 Å². The Labute approximate surface area is 202 Å². The van der Waals surface area contributed by atoms with Gasteiger partial charge in [0.2, 0.25) is 5.91 Å². The largest absolute Gasteiger partial charge is 0.449 e. The van der Waals surface area contributed by atoms with Crippen LogP contribution in [-0.2, 0) is 9.53 Å². The maximum absolute atomic E-state index is 12.9. The van der Waals surface area contributed by atoms with Gasteiger partial charge in [-0.25, -0.2) is 4.79 Å². The van der Waals surface area contributed by atoms with E-state index in [0.717, 1.165) is 75.4 Å². The number of aromatic nitrogens is 1. The van der Waals surface area contributed by atoms with Gasteiger partial charge in [-0.1, -0.05) is 25.5 Å². The molecule has 34 heavy (non-hydrogen) atoms. The number of pyridine rings is 1. The third-order valence-electron chi connectivity index (χ3n) is 7.00. The van der Waals surface area contributed by atoms with Crippen LogP contribution in [0.2, 0.25) is 0 Å². The van der Waals surface area contributed by atoms with Gasteiger partial charge in [-0.05, 0) is 68.4 Å². The molecule has 0 bridgehead atoms. The van der Waals surface area contributed by atoms with Crippen LogP contribution in [0.15, 0.2) is 42.6 Å². The number of amides is 2. The van der Waals surface area contributed by atoms with Crippen LogP contribution in [0.5, 0.6) is 0 Å². The van der Waals surface area contributed by atoms with Crippen molar-refractivity contribution >= 4 is 23.4 Å². The minimum atomic E-state index is -0.186. The first-order valence-electron chi connectivity index (χ1n) is 12.5. The molecule has 0 saturated carbocycles. The van der Waals surface area contributed by atoms with Crippen molar-refractivity contribution in [2.24, 2.45) is 5.92 Å². The number of benzene rings is 1. The molecule has 1 aromatic carbocycles. The van der Waals surface area contributed by atoms with E-state index in [-0.39, 0.29) is 17.9 Å². The molecule has 1 N–H and O–H groups in total. The van der Waals surface area contributed by atoms with E-state index in [4.69, 9.17) is 4.74 Å². The highest BCUT2D eigenvalue weighted by molar-refractivity contribution is 5.93. The summed E-state index contributed by atoms with van der Waals surface area (Å²) in [4.78, 5) is 33.4. The normalized spacial score (nSPS) is 18.7. The number of aryl methyl sites for hydroxylation is 1. The standard InChI is InChI=1S/C27H36N4O3/c1-3-4-18-34-27(33)30-15-11-22(12-16-30)21-7-9-24(10-8-21)29-26(32)23-13-17-31(19-23)25-6-5-14-28-20(25)2/h5-10,14,22-23H,3-4,11-13,15-19H2,1-2H3,(H,29,32). The molecule has 2 amide bonds. The van der Waals surface area contributed by atoms with Crippen molar-refractivity contribution in [3.8, 4) is 0 Å². The van der Waals surface area contributed by atoms with Gasteiger partial charge >= 0.3 is 6.09 Å². The van der Waals surface area contributed by atoms with Crippen LogP contribution >= 0.6 is 0 Å². The van der Waals surface area contributed by atoms with Gasteiger partial charge in [0.1, 0.15) is 0 Å². The van der Waals surface area contributed by atoms with Crippen LogP contribution in [0.3, 0.4) is 0 Å². The zero-order valence-electron chi connectivity index (χ0n) is 20.3. The second-order valence-electron chi connectivity index (χ2n) is 9.38. The number of nitrogens with one attached hydrogen (secondary N) is 1. The summed E-state index contributed by atoms with van der Waals surface area (Å²) in [7, 11) is 0. The summed E-state index contributed by atoms with van der Waals surface area (Å²) in [5, 5.41) is 3.10. The molecule has 0 radical (unpaired) electrons. The molecule has 7 heteroatoms. The first-order chi connectivity index (χ1) is 16.5. The summed E-state index contributed by atoms with van der Waals surface area (Å²) in [6.45, 7) is 7.64. The van der Waals surface area contributed by atoms with Crippen LogP contribution in [0.1, 0.15) is 56.2 Å². The lowest BCUT2D eigenvalue weighted by atomic mass is 9.89. The summed E-state index contributed by atoms with van der Waals surface area (Å²) in [5.41, 5.74) is 4.21. The van der Waals surface area contributed by atoms with Crippen molar-refractivity contribution in [3.63, 3.8) is 0 Å². The lowest BCUT2D eigenvalue weighted by Gasteiger charge is -2.31. The van der Waals surface area contributed by atoms with E-state index in [0.29, 0.717) is 12.5 Å². The van der Waals surface area contributed by atoms with Gasteiger partial charge in [-0.2, -0.15) is 0 Å². The fourth-order valence-corrected chi connectivity index (χ4v) is 4.88. The smallest absolute Gasteiger partial charge is 0.409 e. The number of piperidine rings is 1. The molecule has 1 unspecified atom stereocenters. The number of nitrogens with zero attached hydrogens (tertiary/aromatic N) is 3. The molecule has 0 aliphatic carbocycles. The predicted molar refractivity (Wildman–Crippen MR) is 134 cm³/mol. The Bertz CT molecular complexity index is 970. The van der Waals surface area contributed by atoms with Crippen LogP contribution in [0.4, 0.5) is 16.2 Å². The van der Waals surface area contributed by atoms with E-state index < -0.39 is 0 Å². The van der Waals surface area contributed by atoms with Crippen LogP contribution < -0.4 is 10.2 Å². The molecule has 4 rings (SSSR count). The topological polar surface area (TPSA) is 74.8 Å². The van der Waals surface area contributed by atoms with Crippen molar-refractivity contribution in [2.75, 3.05) is 43.0 Å². The number of hydrogen-bond acceptors (Lipinski definition) is 5. The first-order valence-corrected chi connectivity index (χ1v) is 12.5. The Hall–Kier alpha value is -3.09. The quantitative estimate of drug-likeness (QED) is 0.586. The summed E-state index contributed by atoms with van der Waals surface area (Å²) < 4.78 is 5.34. The Morgan fingerprint density at radius 2 is 1.85 bits per heavy atom. The number of carbonyl (C=O) groups excluding carboxylic acids is 2. The van der Waals surface area contributed by atoms with Gasteiger partial charge in [-0.15, -0.1) is 0 Å². The fraction of sp³-hybridized carbons (Fsp3) is 0.519. The van der Waals surface area contributed by atoms with Crippen molar-refractivity contribution < 1.29 is 14.3 Å². The molecule has 2 aliphatic rings. The molecule has 7 nitrogen and oxygen atoms in total. The maximum atomic E-state index is 12.9. The summed E-state index contributed by atoms with van der Waals surface area (Å²) in [6.07, 6.45) is 6.26. The molecule has 3 heterocycles. The van der Waals surface area contributed by atoms with Crippen LogP contribution in [0.25, 0.3) is 0 Å². The zero-order chi connectivity index (χ0) is 23.9. The van der Waals surface area contributed by atoms with Crippen molar-refractivity contribution in [1.82, 2.24) is 9.88 Å². The molecule has 2 saturated heterocycles. The SMILES string of the molecule is CCCCOC(=O)N1CCC(c2ccc(NC(=O)C3CCN(c4cccnc4C)C3)cc2)CC1. The second-order valence-corrected chi connectivity index (χ2v) is 9.38. The number of likely N-dealkylation sites (tertiary alicyclic amines) is 1. The van der Waals surface area contributed by atoms with E-state index in [1.807, 2.05) is 30.0 Å². The van der Waals surface area contributed by atoms with Crippen LogP contribution in [0, 0.1) is 12.8 Å². The Balaban J connectivity index is 1.25. The first kappa shape index (κ1) is 24.0. The Morgan fingerprint density at radius 3 is 2.56 bits per heavy atom. The van der Waals surface area contributed by atoms with Gasteiger partial charge in [0, 0.05) is 38.1 Å². The molecule has 182 valence electrons. The average molecular weight is 465 g/mol. The highest BCUT2D eigenvalue weighted by Gasteiger charge is 2.29. The van der Waals surface area contributed by atoms with Crippen LogP contribution in [-0.4, -0.2) is 54.7 Å². The lowest BCUT2D eigenvalue weighted by Crippen LogP contribution is -2.38. The molecule has 2 aliphatic heterocycles. The minimum Gasteiger partial charge on any atom is -0.449 e. The van der Waals surface area contributed by atoms with Gasteiger partial charge in [0.15, 0.2) is 0 Å². The van der Waals surface area contributed by atoms with Crippen molar-refractivity contribution in [2.45, 2.75) is 51.9 Å². The van der Waals surface area contributed by atoms with Gasteiger partial charge in [0.05, 0.1) is 23.9 Å². The van der Waals surface area contributed by atoms with E-state index in [1.165, 1.54) is 5.56 Å². The van der Waals surface area contributed by atoms with Crippen molar-refractivity contribution in [3.05, 3.63) is 53.9 Å². The lowest BCUT2D eigenvalue weighted by molar-refractivity contribution is -0.119. The molecule has 2 fully saturated rings. The van der Waals surface area contributed by atoms with Gasteiger partial charge < -0.3 is 19.9 Å². The summed E-state index contributed by atoms with van der Waals surface area (Å²) >= 11 is 0. The fourth-order valence-electron chi connectivity index (χ4n) is 4.88. The van der Waals surface area contributed by atoms with E-state index in [1.54, 1.807) is 6.20 Å². The maximum Gasteiger partial charge on any atom is 0.409 e. The molecule has 1 aromatic heterocycles. The molecule has 2 aromatic rings. The predicted octanol–water partition coefficient (Wildman–Crippen LogP) is 4.97. The highest BCUT2D eigenvalue weighted by atomic mass is 16.6. The monoisotopic (exact) mass is 464 g/mol. The van der Waals surface area contributed by atoms with Gasteiger partial charge in [-0.3, -0.25) is 9.78 Å². The number of carbonyl (C=O) groups is 2. The number of unbranched alkanes of at least 4 members (excludes halogenated alkanes) is 1. The molecular formula is C27H36N4O3. The number of hydrogen-bond donors (Lipinski definition) is 1. The summed E-state index contributed by atoms with van der Waals surface area (Å²) in [5.74, 6) is 0.475. The number of rotatable bonds is 7. The van der Waals surface area contributed by atoms with Crippen molar-refractivity contribution in [1.29, 1.82) is 0 Å². The number of ether oxygens (including phenoxy) is 1. The second kappa shape index (κ2) is 11.4. The van der Waals surface area contributed by atoms with E-state index >= 15 is 0 Å². The Kier molecular flexibility index (Phi) is 8.03. The Morgan fingerprint density at radius 1 is 1.09 bits per heavy atom. The number of anilines is 2. The highest BCUT2D eigenvalue weighted by Crippen LogP contribution is 2.30. The molecular weight excluding hydrogens is 428 g/mol. The molecule has 1 atom stereocenters. The zero-order valence-corrected chi connectivity index (χ0v) is 20.3. The minimum absolute atomic E-state index is 0.0271. The van der Waals surface area contributed by atoms with E-state index in [9.17, 15) is 9.59 Å². The third-order valence-corrected chi connectivity index (χ3v) is 7.00. The van der Waals surface area contributed by atoms with Gasteiger partial charge in [0.25, 0.3) is 0 Å².